The van der Waals surface area contributed by atoms with Crippen molar-refractivity contribution in [2.24, 2.45) is 0 Å². The molecule has 1 aromatic heterocycles. The second-order valence-electron chi connectivity index (χ2n) is 6.12. The second kappa shape index (κ2) is 7.24. The van der Waals surface area contributed by atoms with Crippen molar-refractivity contribution in [3.8, 4) is 0 Å². The summed E-state index contributed by atoms with van der Waals surface area (Å²) in [6.07, 6.45) is 3.93. The Labute approximate surface area is 127 Å². The molecule has 0 aliphatic carbocycles. The molecule has 1 aliphatic heterocycles. The molecule has 2 rings (SSSR count). The normalized spacial score (nSPS) is 18.7. The van der Waals surface area contributed by atoms with Crippen LogP contribution in [0.15, 0.2) is 12.4 Å². The summed E-state index contributed by atoms with van der Waals surface area (Å²) in [4.78, 5) is 2.41. The maximum atomic E-state index is 5.50. The molecule has 1 N–H and O–H groups in total. The molecule has 120 valence electrons. The van der Waals surface area contributed by atoms with Gasteiger partial charge in [0.05, 0.1) is 43.3 Å². The Morgan fingerprint density at radius 3 is 2.76 bits per heavy atom. The van der Waals surface area contributed by atoms with Gasteiger partial charge in [-0.3, -0.25) is 9.58 Å². The number of nitrogens with zero attached hydrogens (tertiary/aromatic N) is 3. The minimum absolute atomic E-state index is 0.208. The number of aromatic nitrogens is 2. The fourth-order valence-electron chi connectivity index (χ4n) is 2.23. The number of ether oxygens (including phenoxy) is 2. The average Bonchev–Trinajstić information content (AvgIpc) is 2.93. The quantitative estimate of drug-likeness (QED) is 0.825. The lowest BCUT2D eigenvalue weighted by Gasteiger charge is -2.31. The molecular weight excluding hydrogens is 268 g/mol. The highest BCUT2D eigenvalue weighted by molar-refractivity contribution is 5.39. The molecule has 6 heteroatoms. The van der Waals surface area contributed by atoms with Crippen LogP contribution in [-0.2, 0) is 16.0 Å². The van der Waals surface area contributed by atoms with Crippen LogP contribution in [0.3, 0.4) is 0 Å². The zero-order chi connectivity index (χ0) is 15.3. The SMILES string of the molecule is COC(C)(C)C(C)Nc1cnn(CCN2CCOCC2)c1. The summed E-state index contributed by atoms with van der Waals surface area (Å²) < 4.78 is 12.8. The van der Waals surface area contributed by atoms with E-state index in [2.05, 4.69) is 42.3 Å². The van der Waals surface area contributed by atoms with Gasteiger partial charge in [-0.05, 0) is 20.8 Å². The number of hydrogen-bond acceptors (Lipinski definition) is 5. The van der Waals surface area contributed by atoms with E-state index in [1.807, 2.05) is 10.9 Å². The highest BCUT2D eigenvalue weighted by Gasteiger charge is 2.25. The molecule has 21 heavy (non-hydrogen) atoms. The fourth-order valence-corrected chi connectivity index (χ4v) is 2.23. The van der Waals surface area contributed by atoms with Crippen LogP contribution in [0.4, 0.5) is 5.69 Å². The van der Waals surface area contributed by atoms with E-state index in [-0.39, 0.29) is 11.6 Å². The molecular formula is C15H28N4O2. The zero-order valence-electron chi connectivity index (χ0n) is 13.6. The minimum atomic E-state index is -0.212. The van der Waals surface area contributed by atoms with Gasteiger partial charge in [0, 0.05) is 32.9 Å². The van der Waals surface area contributed by atoms with Crippen molar-refractivity contribution in [3.05, 3.63) is 12.4 Å². The molecule has 1 saturated heterocycles. The molecule has 0 aromatic carbocycles. The van der Waals surface area contributed by atoms with E-state index in [0.717, 1.165) is 45.1 Å². The smallest absolute Gasteiger partial charge is 0.0820 e. The maximum absolute atomic E-state index is 5.50. The van der Waals surface area contributed by atoms with Gasteiger partial charge in [0.25, 0.3) is 0 Å². The number of nitrogens with one attached hydrogen (secondary N) is 1. The van der Waals surface area contributed by atoms with Gasteiger partial charge in [0.2, 0.25) is 0 Å². The van der Waals surface area contributed by atoms with Crippen molar-refractivity contribution in [3.63, 3.8) is 0 Å². The van der Waals surface area contributed by atoms with Crippen LogP contribution in [0.1, 0.15) is 20.8 Å². The van der Waals surface area contributed by atoms with Crippen molar-refractivity contribution < 1.29 is 9.47 Å². The van der Waals surface area contributed by atoms with E-state index >= 15 is 0 Å². The Bertz CT molecular complexity index is 427. The summed E-state index contributed by atoms with van der Waals surface area (Å²) >= 11 is 0. The van der Waals surface area contributed by atoms with Crippen molar-refractivity contribution in [1.82, 2.24) is 14.7 Å². The van der Waals surface area contributed by atoms with Crippen LogP contribution in [-0.4, -0.2) is 66.3 Å². The van der Waals surface area contributed by atoms with E-state index in [1.54, 1.807) is 7.11 Å². The van der Waals surface area contributed by atoms with Crippen molar-refractivity contribution in [2.75, 3.05) is 45.3 Å². The first kappa shape index (κ1) is 16.3. The Morgan fingerprint density at radius 1 is 1.38 bits per heavy atom. The number of rotatable bonds is 7. The summed E-state index contributed by atoms with van der Waals surface area (Å²) in [6.45, 7) is 11.9. The van der Waals surface area contributed by atoms with Gasteiger partial charge in [-0.1, -0.05) is 0 Å². The molecule has 1 unspecified atom stereocenters. The van der Waals surface area contributed by atoms with Gasteiger partial charge in [-0.25, -0.2) is 0 Å². The molecule has 1 fully saturated rings. The third-order valence-corrected chi connectivity index (χ3v) is 4.33. The van der Waals surface area contributed by atoms with Gasteiger partial charge in [-0.2, -0.15) is 5.10 Å². The lowest BCUT2D eigenvalue weighted by molar-refractivity contribution is 0.0107. The topological polar surface area (TPSA) is 51.5 Å². The molecule has 1 atom stereocenters. The second-order valence-corrected chi connectivity index (χ2v) is 6.12. The number of anilines is 1. The average molecular weight is 296 g/mol. The summed E-state index contributed by atoms with van der Waals surface area (Å²) in [6, 6.07) is 0.208. The van der Waals surface area contributed by atoms with E-state index in [4.69, 9.17) is 9.47 Å². The minimum Gasteiger partial charge on any atom is -0.379 e. The summed E-state index contributed by atoms with van der Waals surface area (Å²) in [5.41, 5.74) is 0.824. The van der Waals surface area contributed by atoms with Crippen LogP contribution in [0.25, 0.3) is 0 Å². The number of methoxy groups -OCH3 is 1. The van der Waals surface area contributed by atoms with E-state index < -0.39 is 0 Å². The zero-order valence-corrected chi connectivity index (χ0v) is 13.6. The van der Waals surface area contributed by atoms with E-state index in [9.17, 15) is 0 Å². The van der Waals surface area contributed by atoms with Crippen LogP contribution in [0, 0.1) is 0 Å². The predicted molar refractivity (Wildman–Crippen MR) is 83.7 cm³/mol. The first-order valence-electron chi connectivity index (χ1n) is 7.65. The fraction of sp³-hybridized carbons (Fsp3) is 0.800. The Hall–Kier alpha value is -1.11. The predicted octanol–water partition coefficient (Wildman–Crippen LogP) is 1.44. The largest absolute Gasteiger partial charge is 0.379 e. The van der Waals surface area contributed by atoms with Gasteiger partial charge in [0.15, 0.2) is 0 Å². The van der Waals surface area contributed by atoms with Gasteiger partial charge >= 0.3 is 0 Å². The lowest BCUT2D eigenvalue weighted by Crippen LogP contribution is -2.41. The molecule has 1 aliphatic rings. The Balaban J connectivity index is 1.80. The molecule has 0 bridgehead atoms. The van der Waals surface area contributed by atoms with Crippen LogP contribution < -0.4 is 5.32 Å². The molecule has 0 saturated carbocycles. The first-order chi connectivity index (χ1) is 10.0. The first-order valence-corrected chi connectivity index (χ1v) is 7.65. The molecule has 0 amide bonds. The molecule has 1 aromatic rings. The van der Waals surface area contributed by atoms with Crippen molar-refractivity contribution in [2.45, 2.75) is 39.0 Å². The lowest BCUT2D eigenvalue weighted by atomic mass is 10.0. The Morgan fingerprint density at radius 2 is 2.10 bits per heavy atom. The van der Waals surface area contributed by atoms with E-state index in [0.29, 0.717) is 0 Å². The van der Waals surface area contributed by atoms with Gasteiger partial charge in [-0.15, -0.1) is 0 Å². The Kier molecular flexibility index (Phi) is 5.61. The maximum Gasteiger partial charge on any atom is 0.0820 e. The molecule has 0 radical (unpaired) electrons. The summed E-state index contributed by atoms with van der Waals surface area (Å²) in [7, 11) is 1.74. The highest BCUT2D eigenvalue weighted by Crippen LogP contribution is 2.18. The van der Waals surface area contributed by atoms with E-state index in [1.165, 1.54) is 0 Å². The van der Waals surface area contributed by atoms with Crippen molar-refractivity contribution in [1.29, 1.82) is 0 Å². The number of hydrogen-bond donors (Lipinski definition) is 1. The van der Waals surface area contributed by atoms with Crippen LogP contribution in [0.5, 0.6) is 0 Å². The third kappa shape index (κ3) is 4.69. The van der Waals surface area contributed by atoms with Gasteiger partial charge in [0.1, 0.15) is 0 Å². The van der Waals surface area contributed by atoms with Crippen LogP contribution >= 0.6 is 0 Å². The summed E-state index contributed by atoms with van der Waals surface area (Å²) in [5.74, 6) is 0. The monoisotopic (exact) mass is 296 g/mol. The van der Waals surface area contributed by atoms with Crippen LogP contribution in [0.2, 0.25) is 0 Å². The van der Waals surface area contributed by atoms with Gasteiger partial charge < -0.3 is 14.8 Å². The highest BCUT2D eigenvalue weighted by atomic mass is 16.5. The molecule has 6 nitrogen and oxygen atoms in total. The molecule has 0 spiro atoms. The van der Waals surface area contributed by atoms with Crippen molar-refractivity contribution >= 4 is 5.69 Å². The third-order valence-electron chi connectivity index (χ3n) is 4.33. The molecule has 2 heterocycles. The number of morpholine rings is 1. The summed E-state index contributed by atoms with van der Waals surface area (Å²) in [5, 5.41) is 7.87. The standard InChI is InChI=1S/C15H28N4O2/c1-13(15(2,3)20-4)17-14-11-16-19(12-14)6-5-18-7-9-21-10-8-18/h11-13,17H,5-10H2,1-4H3.